The van der Waals surface area contributed by atoms with Crippen LogP contribution in [0.2, 0.25) is 0 Å². The van der Waals surface area contributed by atoms with E-state index < -0.39 is 0 Å². The number of hydrogen-bond donors (Lipinski definition) is 1. The van der Waals surface area contributed by atoms with Crippen LogP contribution in [0.15, 0.2) is 30.6 Å². The number of anilines is 2. The third-order valence-electron chi connectivity index (χ3n) is 4.79. The summed E-state index contributed by atoms with van der Waals surface area (Å²) < 4.78 is 21.3. The molecule has 0 spiro atoms. The number of nitriles is 1. The lowest BCUT2D eigenvalue weighted by atomic mass is 10.0. The van der Waals surface area contributed by atoms with Crippen molar-refractivity contribution in [2.45, 2.75) is 25.5 Å². The van der Waals surface area contributed by atoms with E-state index in [-0.39, 0.29) is 11.9 Å². The van der Waals surface area contributed by atoms with Crippen LogP contribution in [0.3, 0.4) is 0 Å². The number of aromatic nitrogens is 4. The highest BCUT2D eigenvalue weighted by atomic mass is 19.1. The molecule has 1 fully saturated rings. The fourth-order valence-corrected chi connectivity index (χ4v) is 3.54. The van der Waals surface area contributed by atoms with E-state index in [1.807, 2.05) is 17.0 Å². The van der Waals surface area contributed by atoms with Crippen molar-refractivity contribution in [2.24, 2.45) is 0 Å². The van der Waals surface area contributed by atoms with Gasteiger partial charge in [-0.3, -0.25) is 0 Å². The normalized spacial score (nSPS) is 16.9. The number of benzene rings is 1. The van der Waals surface area contributed by atoms with Gasteiger partial charge in [0, 0.05) is 32.3 Å². The van der Waals surface area contributed by atoms with E-state index >= 15 is 0 Å². The van der Waals surface area contributed by atoms with E-state index in [0.717, 1.165) is 30.9 Å². The van der Waals surface area contributed by atoms with Gasteiger partial charge in [-0.2, -0.15) is 19.9 Å². The lowest BCUT2D eigenvalue weighted by Crippen LogP contribution is -2.42. The Bertz CT molecular complexity index is 1030. The second-order valence-electron chi connectivity index (χ2n) is 6.75. The van der Waals surface area contributed by atoms with Crippen LogP contribution in [-0.4, -0.2) is 45.8 Å². The van der Waals surface area contributed by atoms with Crippen LogP contribution >= 0.6 is 0 Å². The third-order valence-corrected chi connectivity index (χ3v) is 4.79. The quantitative estimate of drug-likeness (QED) is 0.725. The first-order valence-corrected chi connectivity index (χ1v) is 9.07. The minimum atomic E-state index is -0.371. The Hall–Kier alpha value is -3.25. The van der Waals surface area contributed by atoms with Gasteiger partial charge in [0.25, 0.3) is 5.78 Å². The molecule has 1 aliphatic rings. The van der Waals surface area contributed by atoms with Crippen molar-refractivity contribution in [3.63, 3.8) is 0 Å². The average Bonchev–Trinajstić information content (AvgIpc) is 3.17. The Kier molecular flexibility index (Phi) is 5.04. The zero-order chi connectivity index (χ0) is 19.5. The van der Waals surface area contributed by atoms with E-state index in [4.69, 9.17) is 10.00 Å². The largest absolute Gasteiger partial charge is 0.378 e. The van der Waals surface area contributed by atoms with Gasteiger partial charge in [-0.25, -0.2) is 9.37 Å². The summed E-state index contributed by atoms with van der Waals surface area (Å²) in [4.78, 5) is 10.6. The Morgan fingerprint density at radius 3 is 3.07 bits per heavy atom. The molecule has 1 unspecified atom stereocenters. The number of nitrogens with zero attached hydrogens (tertiary/aromatic N) is 6. The van der Waals surface area contributed by atoms with Gasteiger partial charge in [0.15, 0.2) is 0 Å². The highest BCUT2D eigenvalue weighted by Crippen LogP contribution is 2.25. The van der Waals surface area contributed by atoms with Crippen molar-refractivity contribution in [1.82, 2.24) is 19.6 Å². The van der Waals surface area contributed by atoms with Crippen molar-refractivity contribution >= 4 is 17.3 Å². The zero-order valence-corrected chi connectivity index (χ0v) is 15.5. The number of ether oxygens (including phenoxy) is 1. The molecule has 0 radical (unpaired) electrons. The molecule has 144 valence electrons. The summed E-state index contributed by atoms with van der Waals surface area (Å²) in [6, 6.07) is 8.57. The average molecular weight is 381 g/mol. The number of halogens is 1. The minimum Gasteiger partial charge on any atom is -0.378 e. The fraction of sp³-hybridized carbons (Fsp3) is 0.368. The summed E-state index contributed by atoms with van der Waals surface area (Å²) in [5, 5.41) is 16.7. The molecule has 0 aliphatic carbocycles. The Morgan fingerprint density at radius 2 is 2.29 bits per heavy atom. The van der Waals surface area contributed by atoms with Gasteiger partial charge in [-0.05, 0) is 31.0 Å². The molecule has 8 nitrogen and oxygen atoms in total. The van der Waals surface area contributed by atoms with Crippen molar-refractivity contribution in [3.8, 4) is 6.07 Å². The van der Waals surface area contributed by atoms with Gasteiger partial charge in [-0.1, -0.05) is 0 Å². The SMILES string of the molecule is COCc1cc(NC2CCCN(c3ccc(C#N)cc3F)C2)n2ncnc2n1. The number of nitrogens with one attached hydrogen (secondary N) is 1. The molecule has 1 N–H and O–H groups in total. The van der Waals surface area contributed by atoms with Crippen molar-refractivity contribution in [2.75, 3.05) is 30.4 Å². The summed E-state index contributed by atoms with van der Waals surface area (Å²) >= 11 is 0. The monoisotopic (exact) mass is 381 g/mol. The molecule has 28 heavy (non-hydrogen) atoms. The molecule has 3 aromatic rings. The summed E-state index contributed by atoms with van der Waals surface area (Å²) in [7, 11) is 1.62. The van der Waals surface area contributed by atoms with Crippen LogP contribution in [0.5, 0.6) is 0 Å². The van der Waals surface area contributed by atoms with Crippen molar-refractivity contribution < 1.29 is 9.13 Å². The standard InChI is InChI=1S/C19H20FN7O/c1-28-11-15-8-18(27-19(25-15)22-12-23-27)24-14-3-2-6-26(10-14)17-5-4-13(9-21)7-16(17)20/h4-5,7-8,12,14,24H,2-3,6,10-11H2,1H3. The molecule has 1 saturated heterocycles. The van der Waals surface area contributed by atoms with Gasteiger partial charge in [0.05, 0.1) is 29.6 Å². The molecule has 0 saturated carbocycles. The lowest BCUT2D eigenvalue weighted by molar-refractivity contribution is 0.181. The molecular weight excluding hydrogens is 361 g/mol. The van der Waals surface area contributed by atoms with Crippen LogP contribution in [0.4, 0.5) is 15.9 Å². The van der Waals surface area contributed by atoms with Gasteiger partial charge >= 0.3 is 0 Å². The molecule has 0 bridgehead atoms. The van der Waals surface area contributed by atoms with Gasteiger partial charge in [-0.15, -0.1) is 0 Å². The smallest absolute Gasteiger partial charge is 0.254 e. The van der Waals surface area contributed by atoms with Gasteiger partial charge in [0.2, 0.25) is 0 Å². The third kappa shape index (κ3) is 3.59. The number of piperidine rings is 1. The molecule has 1 aromatic carbocycles. The maximum absolute atomic E-state index is 14.4. The van der Waals surface area contributed by atoms with Gasteiger partial charge in [0.1, 0.15) is 18.0 Å². The summed E-state index contributed by atoms with van der Waals surface area (Å²) in [5.74, 6) is 0.911. The minimum absolute atomic E-state index is 0.106. The van der Waals surface area contributed by atoms with Crippen molar-refractivity contribution in [3.05, 3.63) is 47.7 Å². The van der Waals surface area contributed by atoms with Gasteiger partial charge < -0.3 is 15.0 Å². The van der Waals surface area contributed by atoms with E-state index in [1.54, 1.807) is 23.8 Å². The maximum atomic E-state index is 14.4. The molecule has 1 atom stereocenters. The second kappa shape index (κ2) is 7.78. The van der Waals surface area contributed by atoms with E-state index in [2.05, 4.69) is 20.4 Å². The van der Waals surface area contributed by atoms with E-state index in [1.165, 1.54) is 12.4 Å². The highest BCUT2D eigenvalue weighted by molar-refractivity contribution is 5.52. The van der Waals surface area contributed by atoms with Crippen molar-refractivity contribution in [1.29, 1.82) is 5.26 Å². The molecule has 9 heteroatoms. The predicted molar refractivity (Wildman–Crippen MR) is 101 cm³/mol. The first kappa shape index (κ1) is 18.1. The molecular formula is C19H20FN7O. The van der Waals surface area contributed by atoms with Crippen LogP contribution < -0.4 is 10.2 Å². The predicted octanol–water partition coefficient (Wildman–Crippen LogP) is 2.36. The molecule has 2 aromatic heterocycles. The molecule has 3 heterocycles. The first-order chi connectivity index (χ1) is 13.7. The number of rotatable bonds is 5. The maximum Gasteiger partial charge on any atom is 0.254 e. The van der Waals surface area contributed by atoms with E-state index in [9.17, 15) is 4.39 Å². The number of methoxy groups -OCH3 is 1. The van der Waals surface area contributed by atoms with Crippen LogP contribution in [0.1, 0.15) is 24.1 Å². The molecule has 0 amide bonds. The Balaban J connectivity index is 1.55. The lowest BCUT2D eigenvalue weighted by Gasteiger charge is -2.35. The first-order valence-electron chi connectivity index (χ1n) is 9.07. The zero-order valence-electron chi connectivity index (χ0n) is 15.5. The van der Waals surface area contributed by atoms with Crippen LogP contribution in [0.25, 0.3) is 5.78 Å². The molecule has 1 aliphatic heterocycles. The number of hydrogen-bond acceptors (Lipinski definition) is 7. The summed E-state index contributed by atoms with van der Waals surface area (Å²) in [6.45, 7) is 1.79. The Morgan fingerprint density at radius 1 is 1.39 bits per heavy atom. The molecule has 4 rings (SSSR count). The topological polar surface area (TPSA) is 91.4 Å². The summed E-state index contributed by atoms with van der Waals surface area (Å²) in [5.41, 5.74) is 1.60. The van der Waals surface area contributed by atoms with E-state index in [0.29, 0.717) is 30.2 Å². The summed E-state index contributed by atoms with van der Waals surface area (Å²) in [6.07, 6.45) is 3.34. The Labute approximate surface area is 161 Å². The van der Waals surface area contributed by atoms with Crippen LogP contribution in [0, 0.1) is 17.1 Å². The number of fused-ring (bicyclic) bond motifs is 1. The highest BCUT2D eigenvalue weighted by Gasteiger charge is 2.23. The van der Waals surface area contributed by atoms with Crippen LogP contribution in [-0.2, 0) is 11.3 Å². The second-order valence-corrected chi connectivity index (χ2v) is 6.75. The fourth-order valence-electron chi connectivity index (χ4n) is 3.54.